The van der Waals surface area contributed by atoms with Gasteiger partial charge in [-0.25, -0.2) is 0 Å². The van der Waals surface area contributed by atoms with Crippen molar-refractivity contribution in [3.05, 3.63) is 47.0 Å². The molecule has 8 atom stereocenters. The lowest BCUT2D eigenvalue weighted by atomic mass is 9.49. The molecule has 1 heterocycles. The van der Waals surface area contributed by atoms with E-state index in [-0.39, 0.29) is 41.2 Å². The predicted molar refractivity (Wildman–Crippen MR) is 124 cm³/mol. The molecule has 0 N–H and O–H groups in total. The number of hydrogen-bond donors (Lipinski definition) is 0. The highest BCUT2D eigenvalue weighted by Crippen LogP contribution is 2.69. The van der Waals surface area contributed by atoms with Gasteiger partial charge >= 0.3 is 0 Å². The fourth-order valence-electron chi connectivity index (χ4n) is 7.13. The van der Waals surface area contributed by atoms with Gasteiger partial charge in [0.25, 0.3) is 6.47 Å². The van der Waals surface area contributed by atoms with Crippen LogP contribution in [0.5, 0.6) is 0 Å². The first-order valence-corrected chi connectivity index (χ1v) is 12.3. The molecule has 1 spiro atoms. The van der Waals surface area contributed by atoms with Crippen molar-refractivity contribution >= 4 is 18.0 Å². The zero-order valence-electron chi connectivity index (χ0n) is 20.0. The van der Waals surface area contributed by atoms with E-state index in [2.05, 4.69) is 32.0 Å². The lowest BCUT2D eigenvalue weighted by Crippen LogP contribution is -2.56. The van der Waals surface area contributed by atoms with Crippen LogP contribution in [-0.2, 0) is 30.3 Å². The first-order valence-electron chi connectivity index (χ1n) is 12.3. The third kappa shape index (κ3) is 3.26. The van der Waals surface area contributed by atoms with Crippen molar-refractivity contribution in [1.29, 1.82) is 0 Å². The summed E-state index contributed by atoms with van der Waals surface area (Å²) in [6, 6.07) is 6.63. The molecule has 176 valence electrons. The Morgan fingerprint density at radius 3 is 2.85 bits per heavy atom. The normalized spacial score (nSPS) is 36.4. The summed E-state index contributed by atoms with van der Waals surface area (Å²) in [6.07, 6.45) is 7.89. The van der Waals surface area contributed by atoms with Crippen LogP contribution in [-0.4, -0.2) is 35.8 Å². The molecule has 0 unspecified atom stereocenters. The molecule has 1 aromatic carbocycles. The van der Waals surface area contributed by atoms with E-state index < -0.39 is 5.41 Å². The Kier molecular flexibility index (Phi) is 5.39. The van der Waals surface area contributed by atoms with E-state index in [4.69, 9.17) is 9.47 Å². The van der Waals surface area contributed by atoms with E-state index in [0.717, 1.165) is 31.2 Å². The highest BCUT2D eigenvalue weighted by atomic mass is 16.6. The molecule has 4 aliphatic rings. The largest absolute Gasteiger partial charge is 0.464 e. The maximum Gasteiger partial charge on any atom is 0.293 e. The van der Waals surface area contributed by atoms with Crippen LogP contribution in [0, 0.1) is 17.3 Å². The second-order valence-electron chi connectivity index (χ2n) is 10.9. The van der Waals surface area contributed by atoms with Crippen molar-refractivity contribution in [3.63, 3.8) is 0 Å². The smallest absolute Gasteiger partial charge is 0.293 e. The molecular weight excluding hydrogens is 416 g/mol. The first-order chi connectivity index (χ1) is 15.7. The third-order valence-corrected chi connectivity index (χ3v) is 9.48. The van der Waals surface area contributed by atoms with Gasteiger partial charge in [-0.2, -0.15) is 0 Å². The average Bonchev–Trinajstić information content (AvgIpc) is 3.51. The van der Waals surface area contributed by atoms with Gasteiger partial charge in [0, 0.05) is 11.8 Å². The second-order valence-corrected chi connectivity index (χ2v) is 10.9. The number of ketones is 2. The standard InChI is InChI=1S/C28H34O5/c1-16(18(3)30)12-24(32-15-29)17(2)19-7-9-21-20(13-19)8-10-23-22(21)14-26-28(33-26)11-5-6-25(31)27(23,28)4/h5-7,9,13,15-17,22-24,26H,8,10-12,14H2,1-4H3/t16-,17-,22-,23-,24-,26-,27-,28-/m0/s1. The maximum atomic E-state index is 13.1. The van der Waals surface area contributed by atoms with Crippen molar-refractivity contribution in [2.24, 2.45) is 17.3 Å². The molecule has 0 aromatic heterocycles. The van der Waals surface area contributed by atoms with Crippen LogP contribution >= 0.6 is 0 Å². The molecule has 0 radical (unpaired) electrons. The molecule has 33 heavy (non-hydrogen) atoms. The van der Waals surface area contributed by atoms with Gasteiger partial charge in [0.1, 0.15) is 17.5 Å². The highest BCUT2D eigenvalue weighted by Gasteiger charge is 2.75. The summed E-state index contributed by atoms with van der Waals surface area (Å²) in [5.74, 6) is 0.807. The van der Waals surface area contributed by atoms with Crippen LogP contribution in [0.3, 0.4) is 0 Å². The number of aryl methyl sites for hydroxylation is 1. The summed E-state index contributed by atoms with van der Waals surface area (Å²) in [5.41, 5.74) is 3.09. The molecule has 0 amide bonds. The number of benzene rings is 1. The van der Waals surface area contributed by atoms with Gasteiger partial charge in [-0.3, -0.25) is 14.4 Å². The van der Waals surface area contributed by atoms with E-state index in [1.54, 1.807) is 13.0 Å². The third-order valence-electron chi connectivity index (χ3n) is 9.48. The molecule has 5 rings (SSSR count). The number of Topliss-reactive ketones (excluding diaryl/α,β-unsaturated/α-hetero) is 1. The van der Waals surface area contributed by atoms with Gasteiger partial charge in [-0.05, 0) is 80.6 Å². The molecule has 3 aliphatic carbocycles. The van der Waals surface area contributed by atoms with Gasteiger partial charge in [0.2, 0.25) is 0 Å². The summed E-state index contributed by atoms with van der Waals surface area (Å²) < 4.78 is 11.7. The SMILES string of the molecule is CC(=O)[C@@H](C)C[C@H](OC=O)[C@@H](C)c1ccc2c(c1)CC[C@H]1[C@H]2C[C@@H]2O[C@@]23CC=CC(=O)[C@]13C. The predicted octanol–water partition coefficient (Wildman–Crippen LogP) is 4.67. The van der Waals surface area contributed by atoms with Crippen LogP contribution in [0.15, 0.2) is 30.4 Å². The second kappa shape index (κ2) is 7.90. The number of epoxide rings is 1. The monoisotopic (exact) mass is 450 g/mol. The average molecular weight is 451 g/mol. The van der Waals surface area contributed by atoms with E-state index >= 15 is 0 Å². The molecule has 5 heteroatoms. The number of hydrogen-bond acceptors (Lipinski definition) is 5. The van der Waals surface area contributed by atoms with Gasteiger partial charge in [0.15, 0.2) is 5.78 Å². The van der Waals surface area contributed by atoms with E-state index in [0.29, 0.717) is 24.7 Å². The van der Waals surface area contributed by atoms with Crippen molar-refractivity contribution in [1.82, 2.24) is 0 Å². The first kappa shape index (κ1) is 22.5. The molecular formula is C28H34O5. The minimum atomic E-state index is -0.440. The zero-order valence-corrected chi connectivity index (χ0v) is 20.0. The fraction of sp³-hybridized carbons (Fsp3) is 0.607. The van der Waals surface area contributed by atoms with Crippen LogP contribution < -0.4 is 0 Å². The highest BCUT2D eigenvalue weighted by molar-refractivity contribution is 5.98. The Bertz CT molecular complexity index is 1030. The fourth-order valence-corrected chi connectivity index (χ4v) is 7.13. The molecule has 1 saturated carbocycles. The molecule has 2 fully saturated rings. The van der Waals surface area contributed by atoms with Crippen molar-refractivity contribution < 1.29 is 23.9 Å². The maximum absolute atomic E-state index is 13.1. The number of fused-ring (bicyclic) bond motifs is 4. The minimum absolute atomic E-state index is 0.00614. The lowest BCUT2D eigenvalue weighted by Gasteiger charge is -2.51. The number of ether oxygens (including phenoxy) is 2. The van der Waals surface area contributed by atoms with Crippen LogP contribution in [0.1, 0.15) is 81.9 Å². The van der Waals surface area contributed by atoms with E-state index in [1.165, 1.54) is 11.1 Å². The Hall–Kier alpha value is -2.27. The lowest BCUT2D eigenvalue weighted by molar-refractivity contribution is -0.137. The number of rotatable bonds is 7. The zero-order chi connectivity index (χ0) is 23.5. The van der Waals surface area contributed by atoms with Crippen molar-refractivity contribution in [3.8, 4) is 0 Å². The molecule has 1 aliphatic heterocycles. The van der Waals surface area contributed by atoms with Crippen LogP contribution in [0.4, 0.5) is 0 Å². The number of allylic oxidation sites excluding steroid dienone is 1. The number of carbonyl (C=O) groups excluding carboxylic acids is 3. The molecule has 0 bridgehead atoms. The summed E-state index contributed by atoms with van der Waals surface area (Å²) in [7, 11) is 0. The molecule has 1 aromatic rings. The van der Waals surface area contributed by atoms with E-state index in [1.807, 2.05) is 13.0 Å². The molecule has 1 saturated heterocycles. The topological polar surface area (TPSA) is 73.0 Å². The van der Waals surface area contributed by atoms with E-state index in [9.17, 15) is 14.4 Å². The molecule has 5 nitrogen and oxygen atoms in total. The van der Waals surface area contributed by atoms with Gasteiger partial charge in [0.05, 0.1) is 11.5 Å². The summed E-state index contributed by atoms with van der Waals surface area (Å²) in [6.45, 7) is 8.17. The quantitative estimate of drug-likeness (QED) is 0.446. The minimum Gasteiger partial charge on any atom is -0.464 e. The van der Waals surface area contributed by atoms with Crippen molar-refractivity contribution in [2.45, 2.75) is 89.4 Å². The van der Waals surface area contributed by atoms with Crippen molar-refractivity contribution in [2.75, 3.05) is 0 Å². The summed E-state index contributed by atoms with van der Waals surface area (Å²) in [5, 5.41) is 0. The Labute approximate surface area is 195 Å². The van der Waals surface area contributed by atoms with Gasteiger partial charge < -0.3 is 9.47 Å². The Morgan fingerprint density at radius 1 is 1.33 bits per heavy atom. The van der Waals surface area contributed by atoms with Crippen LogP contribution in [0.2, 0.25) is 0 Å². The summed E-state index contributed by atoms with van der Waals surface area (Å²) >= 11 is 0. The van der Waals surface area contributed by atoms with Crippen LogP contribution in [0.25, 0.3) is 0 Å². The Balaban J connectivity index is 1.42. The van der Waals surface area contributed by atoms with Gasteiger partial charge in [-0.15, -0.1) is 0 Å². The number of carbonyl (C=O) groups is 3. The Morgan fingerprint density at radius 2 is 2.12 bits per heavy atom. The summed E-state index contributed by atoms with van der Waals surface area (Å²) in [4.78, 5) is 36.0. The van der Waals surface area contributed by atoms with Gasteiger partial charge in [-0.1, -0.05) is 38.1 Å².